The predicted octanol–water partition coefficient (Wildman–Crippen LogP) is -0.317. The van der Waals surface area contributed by atoms with Gasteiger partial charge in [-0.1, -0.05) is 74.0 Å². The number of carbonyl (C=O) groups excluding carboxylic acids is 8. The standard InChI is InChI=1S/C47H63N13O8/c1-3-27(2)41-47(68)59-26-31(60-25-30(57-58-60)17-16-28-11-5-4-6-12-28)22-38(59)46(67)55-36(21-29-24-52-34-14-8-7-13-32(29)34)44(65)53-35(42(50)63)15-9-10-20-51-40(62)19-18-33(48)43(64)54-37(23-39(49)61)45(66)56-41/h4-8,11-14,24-25,27,31,33,35-38,41,52H,3,9-10,15-23,26,48H2,1-2H3,(H2,49,61)(H2,50,63)(H,51,62)(H,53,65)(H,54,64)(H,55,67)(H,56,66)/t27-,31-,33+,35-,36-,37-,38-,41-/m1/s1. The Morgan fingerprint density at radius 3 is 2.29 bits per heavy atom. The Kier molecular flexibility index (Phi) is 17.4. The van der Waals surface area contributed by atoms with Crippen molar-refractivity contribution in [3.63, 3.8) is 0 Å². The number of rotatable bonds is 11. The van der Waals surface area contributed by atoms with Crippen LogP contribution in [0.5, 0.6) is 0 Å². The Morgan fingerprint density at radius 2 is 1.56 bits per heavy atom. The van der Waals surface area contributed by atoms with E-state index in [1.54, 1.807) is 24.0 Å². The molecule has 2 aliphatic heterocycles. The van der Waals surface area contributed by atoms with E-state index in [1.807, 2.05) is 61.5 Å². The number of carbonyl (C=O) groups is 8. The van der Waals surface area contributed by atoms with Gasteiger partial charge in [-0.05, 0) is 61.6 Å². The van der Waals surface area contributed by atoms with Crippen molar-refractivity contribution in [1.82, 2.24) is 51.5 Å². The summed E-state index contributed by atoms with van der Waals surface area (Å²) in [4.78, 5) is 114. The van der Waals surface area contributed by atoms with E-state index >= 15 is 4.79 Å². The van der Waals surface area contributed by atoms with Crippen molar-refractivity contribution < 1.29 is 38.4 Å². The van der Waals surface area contributed by atoms with Gasteiger partial charge in [-0.2, -0.15) is 0 Å². The average molecular weight is 938 g/mol. The summed E-state index contributed by atoms with van der Waals surface area (Å²) < 4.78 is 1.61. The molecule has 0 spiro atoms. The van der Waals surface area contributed by atoms with Crippen molar-refractivity contribution in [2.75, 3.05) is 13.1 Å². The normalized spacial score (nSPS) is 24.7. The van der Waals surface area contributed by atoms with Crippen LogP contribution >= 0.6 is 0 Å². The van der Waals surface area contributed by atoms with Gasteiger partial charge >= 0.3 is 0 Å². The number of nitrogens with two attached hydrogens (primary N) is 3. The van der Waals surface area contributed by atoms with Gasteiger partial charge in [0.1, 0.15) is 30.2 Å². The van der Waals surface area contributed by atoms with Gasteiger partial charge in [-0.25, -0.2) is 4.68 Å². The largest absolute Gasteiger partial charge is 0.370 e. The lowest BCUT2D eigenvalue weighted by Crippen LogP contribution is -2.60. The highest BCUT2D eigenvalue weighted by Crippen LogP contribution is 2.30. The lowest BCUT2D eigenvalue weighted by Gasteiger charge is -2.33. The number of primary amides is 2. The summed E-state index contributed by atoms with van der Waals surface area (Å²) in [6.07, 6.45) is 5.22. The zero-order valence-electron chi connectivity index (χ0n) is 38.4. The second kappa shape index (κ2) is 23.5. The molecule has 4 heterocycles. The first-order chi connectivity index (χ1) is 32.6. The summed E-state index contributed by atoms with van der Waals surface area (Å²) in [5, 5.41) is 23.2. The van der Waals surface area contributed by atoms with Gasteiger partial charge < -0.3 is 53.7 Å². The molecule has 68 heavy (non-hydrogen) atoms. The van der Waals surface area contributed by atoms with E-state index in [0.717, 1.165) is 16.5 Å². The molecule has 0 radical (unpaired) electrons. The highest BCUT2D eigenvalue weighted by molar-refractivity contribution is 5.98. The fraction of sp³-hybridized carbons (Fsp3) is 0.489. The molecule has 0 unspecified atom stereocenters. The molecular weight excluding hydrogens is 875 g/mol. The minimum atomic E-state index is -1.53. The maximum Gasteiger partial charge on any atom is 0.246 e. The van der Waals surface area contributed by atoms with Crippen LogP contribution in [0.4, 0.5) is 0 Å². The maximum absolute atomic E-state index is 15.0. The van der Waals surface area contributed by atoms with Gasteiger partial charge in [-0.3, -0.25) is 38.4 Å². The Labute approximate surface area is 393 Å². The van der Waals surface area contributed by atoms with E-state index in [4.69, 9.17) is 17.2 Å². The van der Waals surface area contributed by atoms with Crippen LogP contribution in [0.25, 0.3) is 10.9 Å². The van der Waals surface area contributed by atoms with Gasteiger partial charge in [0.25, 0.3) is 0 Å². The smallest absolute Gasteiger partial charge is 0.246 e. The minimum absolute atomic E-state index is 0.0147. The predicted molar refractivity (Wildman–Crippen MR) is 249 cm³/mol. The molecule has 2 aromatic heterocycles. The summed E-state index contributed by atoms with van der Waals surface area (Å²) in [5.74, 6) is -6.40. The number of aryl methyl sites for hydroxylation is 2. The quantitative estimate of drug-likeness (QED) is 0.0939. The van der Waals surface area contributed by atoms with E-state index in [1.165, 1.54) is 4.90 Å². The first kappa shape index (κ1) is 50.3. The Hall–Kier alpha value is -7.16. The molecule has 0 aliphatic carbocycles. The Bertz CT molecular complexity index is 2440. The molecule has 2 aliphatic rings. The summed E-state index contributed by atoms with van der Waals surface area (Å²) in [5.41, 5.74) is 20.7. The molecule has 4 aromatic rings. The third-order valence-corrected chi connectivity index (χ3v) is 12.8. The van der Waals surface area contributed by atoms with E-state index in [0.29, 0.717) is 43.4 Å². The Morgan fingerprint density at radius 1 is 0.838 bits per heavy atom. The van der Waals surface area contributed by atoms with E-state index in [-0.39, 0.29) is 45.2 Å². The van der Waals surface area contributed by atoms with Crippen molar-refractivity contribution in [2.24, 2.45) is 23.1 Å². The number of nitrogens with one attached hydrogen (secondary N) is 6. The van der Waals surface area contributed by atoms with Gasteiger partial charge in [0.05, 0.1) is 24.2 Å². The number of benzene rings is 2. The number of hydrogen-bond acceptors (Lipinski definition) is 11. The van der Waals surface area contributed by atoms with Crippen molar-refractivity contribution in [1.29, 1.82) is 0 Å². The van der Waals surface area contributed by atoms with Crippen LogP contribution in [0, 0.1) is 5.92 Å². The second-order valence-corrected chi connectivity index (χ2v) is 17.8. The number of aromatic amines is 1. The lowest BCUT2D eigenvalue weighted by molar-refractivity contribution is -0.143. The van der Waals surface area contributed by atoms with E-state index < -0.39 is 102 Å². The topological polar surface area (TPSA) is 325 Å². The maximum atomic E-state index is 15.0. The van der Waals surface area contributed by atoms with Crippen LogP contribution < -0.4 is 43.8 Å². The van der Waals surface area contributed by atoms with Gasteiger partial charge in [0.2, 0.25) is 47.3 Å². The van der Waals surface area contributed by atoms with Crippen LogP contribution in [0.2, 0.25) is 0 Å². The van der Waals surface area contributed by atoms with Crippen LogP contribution in [-0.2, 0) is 57.6 Å². The summed E-state index contributed by atoms with van der Waals surface area (Å²) >= 11 is 0. The summed E-state index contributed by atoms with van der Waals surface area (Å²) in [6.45, 7) is 3.70. The molecule has 8 amide bonds. The van der Waals surface area contributed by atoms with E-state index in [2.05, 4.69) is 41.9 Å². The number of amides is 8. The average Bonchev–Trinajstić information content (AvgIpc) is 4.09. The molecule has 364 valence electrons. The summed E-state index contributed by atoms with van der Waals surface area (Å²) in [7, 11) is 0. The van der Waals surface area contributed by atoms with Crippen molar-refractivity contribution in [3.8, 4) is 0 Å². The number of nitrogens with zero attached hydrogens (tertiary/aromatic N) is 4. The van der Waals surface area contributed by atoms with Crippen LogP contribution in [0.1, 0.15) is 88.1 Å². The third-order valence-electron chi connectivity index (χ3n) is 12.8. The zero-order chi connectivity index (χ0) is 48.9. The SMILES string of the molecule is CC[C@@H](C)[C@H]1NC(=O)[C@@H](CC(N)=O)NC(=O)[C@@H](N)CCC(=O)NCCCC[C@H](C(N)=O)NC(=O)[C@@H](Cc2c[nH]c3ccccc23)NC(=O)[C@H]2C[C@@H](n3cc(CCc4ccccc4)nn3)CN2C1=O. The Balaban J connectivity index is 1.36. The van der Waals surface area contributed by atoms with E-state index in [9.17, 15) is 33.6 Å². The fourth-order valence-electron chi connectivity index (χ4n) is 8.59. The zero-order valence-corrected chi connectivity index (χ0v) is 38.4. The van der Waals surface area contributed by atoms with Gasteiger partial charge in [-0.15, -0.1) is 5.10 Å². The molecule has 8 atom stereocenters. The molecule has 6 rings (SSSR count). The molecule has 21 heteroatoms. The molecule has 2 fully saturated rings. The van der Waals surface area contributed by atoms with Crippen molar-refractivity contribution in [2.45, 2.75) is 127 Å². The molecule has 0 saturated carbocycles. The fourth-order valence-corrected chi connectivity index (χ4v) is 8.59. The number of hydrogen-bond donors (Lipinski definition) is 9. The molecule has 21 nitrogen and oxygen atoms in total. The van der Waals surface area contributed by atoms with Crippen LogP contribution in [0.3, 0.4) is 0 Å². The first-order valence-corrected chi connectivity index (χ1v) is 23.2. The molecule has 2 saturated heterocycles. The van der Waals surface area contributed by atoms with Gasteiger partial charge in [0.15, 0.2) is 0 Å². The van der Waals surface area contributed by atoms with Gasteiger partial charge in [0, 0.05) is 55.6 Å². The lowest BCUT2D eigenvalue weighted by atomic mass is 9.96. The molecule has 12 N–H and O–H groups in total. The number of para-hydroxylation sites is 1. The first-order valence-electron chi connectivity index (χ1n) is 23.2. The molecular formula is C47H63N13O8. The molecule has 0 bridgehead atoms. The number of H-pyrrole nitrogens is 1. The van der Waals surface area contributed by atoms with Crippen molar-refractivity contribution >= 4 is 58.2 Å². The number of aromatic nitrogens is 4. The monoisotopic (exact) mass is 937 g/mol. The molecule has 2 aromatic carbocycles. The minimum Gasteiger partial charge on any atom is -0.370 e. The van der Waals surface area contributed by atoms with Crippen LogP contribution in [-0.4, -0.2) is 121 Å². The third kappa shape index (κ3) is 13.3. The highest BCUT2D eigenvalue weighted by Gasteiger charge is 2.45. The second-order valence-electron chi connectivity index (χ2n) is 17.8. The van der Waals surface area contributed by atoms with Crippen LogP contribution in [0.15, 0.2) is 67.0 Å². The van der Waals surface area contributed by atoms with Crippen molar-refractivity contribution in [3.05, 3.63) is 83.8 Å². The summed E-state index contributed by atoms with van der Waals surface area (Å²) in [6, 6.07) is 9.07. The highest BCUT2D eigenvalue weighted by atomic mass is 16.2. The number of fused-ring (bicyclic) bond motifs is 2.